The monoisotopic (exact) mass is 561 g/mol. The van der Waals surface area contributed by atoms with Gasteiger partial charge in [-0.25, -0.2) is 4.99 Å². The van der Waals surface area contributed by atoms with Crippen LogP contribution in [0.1, 0.15) is 18.1 Å². The molecule has 2 rings (SSSR count). The van der Waals surface area contributed by atoms with Crippen molar-refractivity contribution in [1.82, 2.24) is 10.6 Å². The third-order valence-corrected chi connectivity index (χ3v) is 5.60. The maximum atomic E-state index is 12.3. The lowest BCUT2D eigenvalue weighted by Gasteiger charge is -2.14. The Morgan fingerprint density at radius 1 is 0.968 bits per heavy atom. The largest absolute Gasteiger partial charge is 0.493 e. The van der Waals surface area contributed by atoms with Crippen LogP contribution in [-0.2, 0) is 23.1 Å². The predicted octanol–water partition coefficient (Wildman–Crippen LogP) is 3.33. The van der Waals surface area contributed by atoms with E-state index in [2.05, 4.69) is 15.6 Å². The molecule has 0 aromatic heterocycles. The molecule has 0 aliphatic carbocycles. The summed E-state index contributed by atoms with van der Waals surface area (Å²) in [7, 11) is 3.82. The molecule has 1 unspecified atom stereocenters. The van der Waals surface area contributed by atoms with E-state index in [1.807, 2.05) is 49.4 Å². The highest BCUT2D eigenvalue weighted by molar-refractivity contribution is 14.0. The SMILES string of the molecule is CCNC(=NCc1cc(OC)c(OC)c(OC)c1)NCCS(=O)Cc1ccccc1.I. The number of methoxy groups -OCH3 is 3. The number of rotatable bonds is 11. The van der Waals surface area contributed by atoms with Gasteiger partial charge in [0.15, 0.2) is 17.5 Å². The zero-order valence-electron chi connectivity index (χ0n) is 18.5. The van der Waals surface area contributed by atoms with Crippen molar-refractivity contribution < 1.29 is 18.4 Å². The highest BCUT2D eigenvalue weighted by Crippen LogP contribution is 2.38. The van der Waals surface area contributed by atoms with Crippen LogP contribution in [0.5, 0.6) is 17.2 Å². The first-order chi connectivity index (χ1) is 14.6. The number of hydrogen-bond donors (Lipinski definition) is 2. The highest BCUT2D eigenvalue weighted by atomic mass is 127. The van der Waals surface area contributed by atoms with E-state index in [0.717, 1.165) is 17.7 Å². The third kappa shape index (κ3) is 8.94. The summed E-state index contributed by atoms with van der Waals surface area (Å²) in [6, 6.07) is 13.6. The zero-order chi connectivity index (χ0) is 21.8. The molecule has 0 heterocycles. The van der Waals surface area contributed by atoms with Crippen molar-refractivity contribution in [2.45, 2.75) is 19.2 Å². The molecule has 2 aromatic rings. The van der Waals surface area contributed by atoms with Gasteiger partial charge in [-0.2, -0.15) is 0 Å². The lowest BCUT2D eigenvalue weighted by molar-refractivity contribution is 0.324. The number of benzene rings is 2. The fourth-order valence-corrected chi connectivity index (χ4v) is 3.89. The molecule has 0 aliphatic rings. The van der Waals surface area contributed by atoms with E-state index in [0.29, 0.717) is 47.8 Å². The summed E-state index contributed by atoms with van der Waals surface area (Å²) in [5, 5.41) is 6.45. The smallest absolute Gasteiger partial charge is 0.203 e. The summed E-state index contributed by atoms with van der Waals surface area (Å²) in [5.41, 5.74) is 2.01. The van der Waals surface area contributed by atoms with Crippen LogP contribution >= 0.6 is 24.0 Å². The van der Waals surface area contributed by atoms with Crippen LogP contribution < -0.4 is 24.8 Å². The van der Waals surface area contributed by atoms with Gasteiger partial charge in [-0.1, -0.05) is 30.3 Å². The van der Waals surface area contributed by atoms with Gasteiger partial charge < -0.3 is 24.8 Å². The van der Waals surface area contributed by atoms with Gasteiger partial charge in [-0.3, -0.25) is 4.21 Å². The van der Waals surface area contributed by atoms with Crippen molar-refractivity contribution in [3.05, 3.63) is 53.6 Å². The predicted molar refractivity (Wildman–Crippen MR) is 137 cm³/mol. The Morgan fingerprint density at radius 2 is 1.61 bits per heavy atom. The first-order valence-corrected chi connectivity index (χ1v) is 11.3. The minimum atomic E-state index is -0.936. The summed E-state index contributed by atoms with van der Waals surface area (Å²) in [4.78, 5) is 4.61. The average Bonchev–Trinajstić information content (AvgIpc) is 2.77. The van der Waals surface area contributed by atoms with E-state index in [4.69, 9.17) is 14.2 Å². The Bertz CT molecular complexity index is 825. The number of halogens is 1. The minimum absolute atomic E-state index is 0. The molecular weight excluding hydrogens is 529 g/mol. The summed E-state index contributed by atoms with van der Waals surface area (Å²) in [5.74, 6) is 3.51. The maximum Gasteiger partial charge on any atom is 0.203 e. The summed E-state index contributed by atoms with van der Waals surface area (Å²) in [6.07, 6.45) is 0. The van der Waals surface area contributed by atoms with Crippen LogP contribution in [0, 0.1) is 0 Å². The second kappa shape index (κ2) is 14.9. The van der Waals surface area contributed by atoms with Gasteiger partial charge in [0.25, 0.3) is 0 Å². The van der Waals surface area contributed by atoms with Crippen molar-refractivity contribution in [3.8, 4) is 17.2 Å². The third-order valence-electron chi connectivity index (χ3n) is 4.28. The Morgan fingerprint density at radius 3 is 2.16 bits per heavy atom. The first kappa shape index (κ1) is 27.0. The van der Waals surface area contributed by atoms with E-state index in [1.54, 1.807) is 21.3 Å². The molecule has 0 radical (unpaired) electrons. The normalized spacial score (nSPS) is 11.8. The standard InChI is InChI=1S/C22H31N3O4S.HI/c1-5-23-22(24-11-12-30(26)16-17-9-7-6-8-10-17)25-15-18-13-19(27-2)21(29-4)20(14-18)28-3;/h6-10,13-14H,5,11-12,15-16H2,1-4H3,(H2,23,24,25);1H. The number of nitrogens with zero attached hydrogens (tertiary/aromatic N) is 1. The molecular formula is C22H32IN3O4S. The Kier molecular flexibility index (Phi) is 13.0. The van der Waals surface area contributed by atoms with Gasteiger partial charge in [-0.05, 0) is 30.2 Å². The van der Waals surface area contributed by atoms with Gasteiger partial charge in [0, 0.05) is 35.4 Å². The van der Waals surface area contributed by atoms with Gasteiger partial charge in [0.1, 0.15) is 0 Å². The highest BCUT2D eigenvalue weighted by Gasteiger charge is 2.13. The topological polar surface area (TPSA) is 81.2 Å². The molecule has 7 nitrogen and oxygen atoms in total. The second-order valence-electron chi connectivity index (χ2n) is 6.43. The lowest BCUT2D eigenvalue weighted by Crippen LogP contribution is -2.39. The van der Waals surface area contributed by atoms with E-state index in [1.165, 1.54) is 0 Å². The summed E-state index contributed by atoms with van der Waals surface area (Å²) in [6.45, 7) is 3.73. The van der Waals surface area contributed by atoms with E-state index < -0.39 is 10.8 Å². The van der Waals surface area contributed by atoms with Gasteiger partial charge in [-0.15, -0.1) is 24.0 Å². The zero-order valence-corrected chi connectivity index (χ0v) is 21.6. The quantitative estimate of drug-likeness (QED) is 0.249. The van der Waals surface area contributed by atoms with E-state index in [-0.39, 0.29) is 24.0 Å². The van der Waals surface area contributed by atoms with Crippen molar-refractivity contribution in [2.24, 2.45) is 4.99 Å². The molecule has 9 heteroatoms. The number of nitrogens with one attached hydrogen (secondary N) is 2. The van der Waals surface area contributed by atoms with Crippen LogP contribution in [0.15, 0.2) is 47.5 Å². The summed E-state index contributed by atoms with van der Waals surface area (Å²) < 4.78 is 28.5. The van der Waals surface area contributed by atoms with Crippen LogP contribution in [0.2, 0.25) is 0 Å². The molecule has 0 fully saturated rings. The van der Waals surface area contributed by atoms with Gasteiger partial charge in [0.05, 0.1) is 27.9 Å². The number of ether oxygens (including phenoxy) is 3. The fourth-order valence-electron chi connectivity index (χ4n) is 2.85. The first-order valence-electron chi connectivity index (χ1n) is 9.81. The van der Waals surface area contributed by atoms with Crippen LogP contribution in [0.4, 0.5) is 0 Å². The minimum Gasteiger partial charge on any atom is -0.493 e. The van der Waals surface area contributed by atoms with Crippen LogP contribution in [0.3, 0.4) is 0 Å². The summed E-state index contributed by atoms with van der Waals surface area (Å²) >= 11 is 0. The maximum absolute atomic E-state index is 12.3. The van der Waals surface area contributed by atoms with E-state index >= 15 is 0 Å². The molecule has 2 N–H and O–H groups in total. The molecule has 172 valence electrons. The molecule has 2 aromatic carbocycles. The fraction of sp³-hybridized carbons (Fsp3) is 0.409. The molecule has 0 amide bonds. The molecule has 0 saturated carbocycles. The molecule has 31 heavy (non-hydrogen) atoms. The van der Waals surface area contributed by atoms with Crippen molar-refractivity contribution in [1.29, 1.82) is 0 Å². The van der Waals surface area contributed by atoms with Crippen molar-refractivity contribution >= 4 is 40.7 Å². The second-order valence-corrected chi connectivity index (χ2v) is 8.01. The molecule has 0 spiro atoms. The molecule has 0 saturated heterocycles. The Balaban J connectivity index is 0.00000480. The number of guanidine groups is 1. The van der Waals surface area contributed by atoms with E-state index in [9.17, 15) is 4.21 Å². The number of aliphatic imine (C=N–C) groups is 1. The Hall–Kier alpha value is -2.01. The molecule has 1 atom stereocenters. The number of hydrogen-bond acceptors (Lipinski definition) is 5. The van der Waals surface area contributed by atoms with Crippen molar-refractivity contribution in [2.75, 3.05) is 40.2 Å². The Labute approximate surface area is 204 Å². The average molecular weight is 561 g/mol. The van der Waals surface area contributed by atoms with Crippen LogP contribution in [-0.4, -0.2) is 50.3 Å². The van der Waals surface area contributed by atoms with Gasteiger partial charge >= 0.3 is 0 Å². The molecule has 0 aliphatic heterocycles. The molecule has 0 bridgehead atoms. The lowest BCUT2D eigenvalue weighted by atomic mass is 10.2. The van der Waals surface area contributed by atoms with Crippen LogP contribution in [0.25, 0.3) is 0 Å². The van der Waals surface area contributed by atoms with Crippen molar-refractivity contribution in [3.63, 3.8) is 0 Å². The van der Waals surface area contributed by atoms with Gasteiger partial charge in [0.2, 0.25) is 5.75 Å².